The van der Waals surface area contributed by atoms with Crippen LogP contribution in [0.2, 0.25) is 4.34 Å². The van der Waals surface area contributed by atoms with E-state index in [2.05, 4.69) is 11.0 Å². The van der Waals surface area contributed by atoms with Crippen molar-refractivity contribution in [3.05, 3.63) is 63.9 Å². The van der Waals surface area contributed by atoms with E-state index in [1.54, 1.807) is 31.4 Å². The van der Waals surface area contributed by atoms with E-state index in [0.717, 1.165) is 28.7 Å². The summed E-state index contributed by atoms with van der Waals surface area (Å²) in [4.78, 5) is 14.4. The Morgan fingerprint density at radius 3 is 2.75 bits per heavy atom. The van der Waals surface area contributed by atoms with Crippen LogP contribution >= 0.6 is 34.7 Å². The lowest BCUT2D eigenvalue weighted by atomic mass is 10.2. The zero-order valence-electron chi connectivity index (χ0n) is 14.7. The molecule has 10 heteroatoms. The van der Waals surface area contributed by atoms with Crippen molar-refractivity contribution in [1.82, 2.24) is 4.90 Å². The molecule has 6 nitrogen and oxygen atoms in total. The molecule has 2 aromatic rings. The van der Waals surface area contributed by atoms with Crippen molar-refractivity contribution in [3.8, 4) is 5.75 Å². The van der Waals surface area contributed by atoms with E-state index < -0.39 is 10.0 Å². The Morgan fingerprint density at radius 2 is 2.11 bits per heavy atom. The number of amides is 1. The Labute approximate surface area is 176 Å². The Bertz CT molecular complexity index is 1090. The Balaban J connectivity index is 1.98. The van der Waals surface area contributed by atoms with Crippen LogP contribution in [0.4, 0.5) is 0 Å². The molecule has 0 N–H and O–H groups in total. The first-order valence-corrected chi connectivity index (χ1v) is 11.4. The highest BCUT2D eigenvalue weighted by Crippen LogP contribution is 2.35. The van der Waals surface area contributed by atoms with Crippen molar-refractivity contribution in [2.24, 2.45) is 4.40 Å². The number of sulfonamides is 1. The van der Waals surface area contributed by atoms with Gasteiger partial charge in [-0.25, -0.2) is 0 Å². The van der Waals surface area contributed by atoms with Gasteiger partial charge in [0.1, 0.15) is 9.96 Å². The van der Waals surface area contributed by atoms with Crippen LogP contribution in [0, 0.1) is 0 Å². The SMILES string of the molecule is C=CCN1C(=O)C(=Cc2cccc(OC)c2)SC1=NS(=O)(=O)c1ccc(Cl)s1. The minimum absolute atomic E-state index is 0.0156. The average molecular weight is 455 g/mol. The van der Waals surface area contributed by atoms with Crippen LogP contribution in [0.15, 0.2) is 62.6 Å². The van der Waals surface area contributed by atoms with E-state index in [1.807, 2.05) is 6.07 Å². The van der Waals surface area contributed by atoms with Crippen LogP contribution in [0.3, 0.4) is 0 Å². The Hall–Kier alpha value is -2.07. The smallest absolute Gasteiger partial charge is 0.294 e. The standard InChI is InChI=1S/C18H15ClN2O4S3/c1-3-9-21-17(22)14(11-12-5-4-6-13(10-12)25-2)26-18(21)20-28(23,24)16-8-7-15(19)27-16/h3-8,10-11H,1,9H2,2H3. The molecular formula is C18H15ClN2O4S3. The first-order valence-electron chi connectivity index (χ1n) is 7.90. The van der Waals surface area contributed by atoms with Crippen LogP contribution in [0.5, 0.6) is 5.75 Å². The van der Waals surface area contributed by atoms with Gasteiger partial charge in [-0.1, -0.05) is 29.8 Å². The molecule has 0 radical (unpaired) electrons. The van der Waals surface area contributed by atoms with Crippen LogP contribution in [0.1, 0.15) is 5.56 Å². The van der Waals surface area contributed by atoms with E-state index in [0.29, 0.717) is 15.0 Å². The van der Waals surface area contributed by atoms with E-state index in [4.69, 9.17) is 16.3 Å². The number of thioether (sulfide) groups is 1. The predicted octanol–water partition coefficient (Wildman–Crippen LogP) is 4.26. The zero-order chi connectivity index (χ0) is 20.3. The third-order valence-corrected chi connectivity index (χ3v) is 7.68. The number of carbonyl (C=O) groups excluding carboxylic acids is 1. The predicted molar refractivity (Wildman–Crippen MR) is 114 cm³/mol. The number of benzene rings is 1. The molecule has 0 unspecified atom stereocenters. The van der Waals surface area contributed by atoms with Crippen molar-refractivity contribution in [1.29, 1.82) is 0 Å². The molecule has 0 bridgehead atoms. The molecule has 0 atom stereocenters. The summed E-state index contributed by atoms with van der Waals surface area (Å²) in [5, 5.41) is 0.0727. The van der Waals surface area contributed by atoms with Crippen molar-refractivity contribution < 1.29 is 17.9 Å². The van der Waals surface area contributed by atoms with Crippen molar-refractivity contribution in [2.75, 3.05) is 13.7 Å². The number of halogens is 1. The highest BCUT2D eigenvalue weighted by atomic mass is 35.5. The van der Waals surface area contributed by atoms with Gasteiger partial charge in [0.15, 0.2) is 5.17 Å². The molecule has 1 aromatic carbocycles. The number of hydrogen-bond donors (Lipinski definition) is 0. The number of thiophene rings is 1. The molecule has 1 aromatic heterocycles. The lowest BCUT2D eigenvalue weighted by molar-refractivity contribution is -0.121. The Morgan fingerprint density at radius 1 is 1.32 bits per heavy atom. The molecule has 0 saturated carbocycles. The molecular weight excluding hydrogens is 440 g/mol. The molecule has 0 aliphatic carbocycles. The average Bonchev–Trinajstić information content (AvgIpc) is 3.22. The minimum Gasteiger partial charge on any atom is -0.497 e. The topological polar surface area (TPSA) is 76.0 Å². The number of ether oxygens (including phenoxy) is 1. The summed E-state index contributed by atoms with van der Waals surface area (Å²) in [5.74, 6) is 0.310. The summed E-state index contributed by atoms with van der Waals surface area (Å²) in [5.41, 5.74) is 0.753. The first kappa shape index (κ1) is 20.7. The molecule has 1 fully saturated rings. The molecule has 28 heavy (non-hydrogen) atoms. The fourth-order valence-corrected chi connectivity index (χ4v) is 5.98. The van der Waals surface area contributed by atoms with Gasteiger partial charge in [0.25, 0.3) is 15.9 Å². The second-order valence-electron chi connectivity index (χ2n) is 5.50. The fourth-order valence-electron chi connectivity index (χ4n) is 2.33. The van der Waals surface area contributed by atoms with Crippen molar-refractivity contribution >= 4 is 61.9 Å². The highest BCUT2D eigenvalue weighted by Gasteiger charge is 2.34. The zero-order valence-corrected chi connectivity index (χ0v) is 17.9. The van der Waals surface area contributed by atoms with E-state index in [9.17, 15) is 13.2 Å². The lowest BCUT2D eigenvalue weighted by Crippen LogP contribution is -2.29. The number of hydrogen-bond acceptors (Lipinski definition) is 6. The number of rotatable bonds is 6. The first-order chi connectivity index (χ1) is 13.3. The van der Waals surface area contributed by atoms with Gasteiger partial charge in [0, 0.05) is 6.54 Å². The largest absolute Gasteiger partial charge is 0.497 e. The Kier molecular flexibility index (Phi) is 6.29. The quantitative estimate of drug-likeness (QED) is 0.481. The van der Waals surface area contributed by atoms with E-state index in [-0.39, 0.29) is 21.8 Å². The number of methoxy groups -OCH3 is 1. The summed E-state index contributed by atoms with van der Waals surface area (Å²) in [6.45, 7) is 3.76. The normalized spacial score (nSPS) is 17.5. The van der Waals surface area contributed by atoms with E-state index >= 15 is 0 Å². The highest BCUT2D eigenvalue weighted by molar-refractivity contribution is 8.19. The van der Waals surface area contributed by atoms with Gasteiger partial charge in [0.05, 0.1) is 16.4 Å². The summed E-state index contributed by atoms with van der Waals surface area (Å²) in [6, 6.07) is 10.1. The molecule has 146 valence electrons. The maximum absolute atomic E-state index is 12.8. The van der Waals surface area contributed by atoms with Crippen LogP contribution in [-0.2, 0) is 14.8 Å². The third-order valence-electron chi connectivity index (χ3n) is 3.59. The fraction of sp³-hybridized carbons (Fsp3) is 0.111. The van der Waals surface area contributed by atoms with Gasteiger partial charge in [-0.2, -0.15) is 8.42 Å². The third kappa shape index (κ3) is 4.49. The molecule has 1 saturated heterocycles. The van der Waals surface area contributed by atoms with Gasteiger partial charge in [0.2, 0.25) is 0 Å². The molecule has 1 aliphatic rings. The second kappa shape index (κ2) is 8.52. The van der Waals surface area contributed by atoms with Gasteiger partial charge >= 0.3 is 0 Å². The summed E-state index contributed by atoms with van der Waals surface area (Å²) in [6.07, 6.45) is 3.18. The van der Waals surface area contributed by atoms with Crippen molar-refractivity contribution in [2.45, 2.75) is 4.21 Å². The minimum atomic E-state index is -3.98. The molecule has 2 heterocycles. The summed E-state index contributed by atoms with van der Waals surface area (Å²) >= 11 is 7.73. The van der Waals surface area contributed by atoms with Crippen LogP contribution in [-0.4, -0.2) is 38.0 Å². The maximum atomic E-state index is 12.8. The van der Waals surface area contributed by atoms with Gasteiger partial charge in [-0.3, -0.25) is 9.69 Å². The van der Waals surface area contributed by atoms with E-state index in [1.165, 1.54) is 23.1 Å². The monoisotopic (exact) mass is 454 g/mol. The molecule has 3 rings (SSSR count). The summed E-state index contributed by atoms with van der Waals surface area (Å²) in [7, 11) is -2.42. The van der Waals surface area contributed by atoms with Crippen LogP contribution < -0.4 is 4.74 Å². The number of amidine groups is 1. The molecule has 1 amide bonds. The lowest BCUT2D eigenvalue weighted by Gasteiger charge is -2.12. The van der Waals surface area contributed by atoms with Gasteiger partial charge < -0.3 is 4.74 Å². The number of nitrogens with zero attached hydrogens (tertiary/aromatic N) is 2. The van der Waals surface area contributed by atoms with Gasteiger partial charge in [-0.05, 0) is 47.7 Å². The molecule has 0 spiro atoms. The molecule has 1 aliphatic heterocycles. The van der Waals surface area contributed by atoms with Gasteiger partial charge in [-0.15, -0.1) is 22.3 Å². The number of carbonyl (C=O) groups is 1. The maximum Gasteiger partial charge on any atom is 0.294 e. The van der Waals surface area contributed by atoms with Crippen LogP contribution in [0.25, 0.3) is 6.08 Å². The second-order valence-corrected chi connectivity index (χ2v) is 10.1. The van der Waals surface area contributed by atoms with Crippen molar-refractivity contribution in [3.63, 3.8) is 0 Å². The summed E-state index contributed by atoms with van der Waals surface area (Å²) < 4.78 is 34.5.